The molecule has 150 valence electrons. The SMILES string of the molecule is O=C(O)C=Cc1ccc(C(F)(F)Oc2ccc(OCC(F)(F)F)cc2F)cc1. The van der Waals surface area contributed by atoms with E-state index >= 15 is 0 Å². The maximum atomic E-state index is 14.2. The Balaban J connectivity index is 2.11. The molecule has 2 aromatic carbocycles. The fraction of sp³-hybridized carbons (Fsp3) is 0.167. The normalized spacial score (nSPS) is 12.2. The molecule has 0 aliphatic heterocycles. The van der Waals surface area contributed by atoms with E-state index in [2.05, 4.69) is 9.47 Å². The number of ether oxygens (including phenoxy) is 2. The van der Waals surface area contributed by atoms with E-state index in [0.29, 0.717) is 11.6 Å². The molecule has 0 unspecified atom stereocenters. The quantitative estimate of drug-likeness (QED) is 0.520. The van der Waals surface area contributed by atoms with Gasteiger partial charge in [0.25, 0.3) is 0 Å². The Bertz CT molecular complexity index is 859. The van der Waals surface area contributed by atoms with Crippen molar-refractivity contribution in [2.45, 2.75) is 12.3 Å². The second-order valence-electron chi connectivity index (χ2n) is 5.41. The average Bonchev–Trinajstić information content (AvgIpc) is 2.60. The minimum atomic E-state index is -4.63. The lowest BCUT2D eigenvalue weighted by Gasteiger charge is -2.19. The molecule has 0 radical (unpaired) electrons. The molecule has 0 aliphatic carbocycles. The molecule has 0 saturated heterocycles. The molecular formula is C18H12F6O4. The van der Waals surface area contributed by atoms with Crippen molar-refractivity contribution in [3.05, 3.63) is 65.5 Å². The van der Waals surface area contributed by atoms with Gasteiger partial charge in [-0.05, 0) is 35.9 Å². The van der Waals surface area contributed by atoms with E-state index < -0.39 is 47.7 Å². The van der Waals surface area contributed by atoms with Crippen molar-refractivity contribution in [3.63, 3.8) is 0 Å². The van der Waals surface area contributed by atoms with Crippen LogP contribution in [0.25, 0.3) is 6.08 Å². The lowest BCUT2D eigenvalue weighted by Crippen LogP contribution is -2.22. The van der Waals surface area contributed by atoms with Crippen molar-refractivity contribution in [3.8, 4) is 11.5 Å². The van der Waals surface area contributed by atoms with Gasteiger partial charge in [0.1, 0.15) is 5.75 Å². The number of carboxylic acids is 1. The van der Waals surface area contributed by atoms with Gasteiger partial charge in [-0.25, -0.2) is 9.18 Å². The van der Waals surface area contributed by atoms with E-state index in [0.717, 1.165) is 30.3 Å². The van der Waals surface area contributed by atoms with Gasteiger partial charge < -0.3 is 14.6 Å². The molecule has 28 heavy (non-hydrogen) atoms. The third-order valence-corrected chi connectivity index (χ3v) is 3.21. The van der Waals surface area contributed by atoms with Gasteiger partial charge in [0.15, 0.2) is 18.2 Å². The molecule has 2 rings (SSSR count). The van der Waals surface area contributed by atoms with Crippen LogP contribution in [0.5, 0.6) is 11.5 Å². The largest absolute Gasteiger partial charge is 0.484 e. The van der Waals surface area contributed by atoms with Gasteiger partial charge in [-0.3, -0.25) is 0 Å². The van der Waals surface area contributed by atoms with E-state index in [1.165, 1.54) is 18.2 Å². The fourth-order valence-corrected chi connectivity index (χ4v) is 1.97. The predicted octanol–water partition coefficient (Wildman–Crippen LogP) is 4.99. The highest BCUT2D eigenvalue weighted by Gasteiger charge is 2.35. The van der Waals surface area contributed by atoms with Gasteiger partial charge in [0, 0.05) is 12.1 Å². The van der Waals surface area contributed by atoms with Crippen molar-refractivity contribution >= 4 is 12.0 Å². The zero-order valence-electron chi connectivity index (χ0n) is 13.8. The van der Waals surface area contributed by atoms with Crippen LogP contribution in [0.15, 0.2) is 48.5 Å². The molecule has 0 saturated carbocycles. The summed E-state index contributed by atoms with van der Waals surface area (Å²) in [4.78, 5) is 10.4. The summed E-state index contributed by atoms with van der Waals surface area (Å²) < 4.78 is 87.1. The van der Waals surface area contributed by atoms with Crippen LogP contribution in [0, 0.1) is 5.82 Å². The van der Waals surface area contributed by atoms with Gasteiger partial charge in [-0.1, -0.05) is 12.1 Å². The maximum absolute atomic E-state index is 14.2. The number of hydrogen-bond acceptors (Lipinski definition) is 3. The highest BCUT2D eigenvalue weighted by molar-refractivity contribution is 5.85. The number of hydrogen-bond donors (Lipinski definition) is 1. The zero-order valence-corrected chi connectivity index (χ0v) is 13.8. The highest BCUT2D eigenvalue weighted by atomic mass is 19.4. The minimum absolute atomic E-state index is 0.333. The van der Waals surface area contributed by atoms with Crippen molar-refractivity contribution in [2.24, 2.45) is 0 Å². The maximum Gasteiger partial charge on any atom is 0.426 e. The third-order valence-electron chi connectivity index (χ3n) is 3.21. The van der Waals surface area contributed by atoms with Gasteiger partial charge in [0.2, 0.25) is 0 Å². The molecule has 4 nitrogen and oxygen atoms in total. The van der Waals surface area contributed by atoms with Crippen molar-refractivity contribution in [1.82, 2.24) is 0 Å². The first-order chi connectivity index (χ1) is 13.0. The molecule has 0 fully saturated rings. The Hall–Kier alpha value is -3.17. The molecule has 0 heterocycles. The van der Waals surface area contributed by atoms with E-state index in [1.807, 2.05) is 0 Å². The summed E-state index contributed by atoms with van der Waals surface area (Å²) in [7, 11) is 0. The Morgan fingerprint density at radius 1 is 1.04 bits per heavy atom. The molecule has 2 aromatic rings. The summed E-state index contributed by atoms with van der Waals surface area (Å²) in [6, 6.07) is 6.41. The van der Waals surface area contributed by atoms with Gasteiger partial charge in [-0.2, -0.15) is 22.0 Å². The van der Waals surface area contributed by atoms with Crippen molar-refractivity contribution in [1.29, 1.82) is 0 Å². The second-order valence-corrected chi connectivity index (χ2v) is 5.41. The lowest BCUT2D eigenvalue weighted by molar-refractivity contribution is -0.187. The average molecular weight is 406 g/mol. The number of aliphatic carboxylic acids is 1. The molecule has 10 heteroatoms. The van der Waals surface area contributed by atoms with Crippen molar-refractivity contribution in [2.75, 3.05) is 6.61 Å². The van der Waals surface area contributed by atoms with E-state index in [4.69, 9.17) is 5.11 Å². The van der Waals surface area contributed by atoms with Crippen LogP contribution in [-0.4, -0.2) is 23.9 Å². The van der Waals surface area contributed by atoms with Crippen LogP contribution in [0.3, 0.4) is 0 Å². The molecule has 0 atom stereocenters. The first-order valence-corrected chi connectivity index (χ1v) is 7.54. The summed E-state index contributed by atoms with van der Waals surface area (Å²) >= 11 is 0. The monoisotopic (exact) mass is 406 g/mol. The Kier molecular flexibility index (Phi) is 6.22. The number of carbonyl (C=O) groups is 1. The summed E-state index contributed by atoms with van der Waals surface area (Å²) in [6.45, 7) is -1.66. The molecule has 0 spiro atoms. The molecule has 0 bridgehead atoms. The molecule has 0 amide bonds. The van der Waals surface area contributed by atoms with Crippen LogP contribution in [0.4, 0.5) is 26.3 Å². The molecule has 1 N–H and O–H groups in total. The number of rotatable bonds is 7. The second kappa shape index (κ2) is 8.24. The van der Waals surface area contributed by atoms with Crippen LogP contribution >= 0.6 is 0 Å². The van der Waals surface area contributed by atoms with E-state index in [-0.39, 0.29) is 0 Å². The summed E-state index contributed by atoms with van der Waals surface area (Å²) in [5.74, 6) is -3.93. The molecule has 0 aliphatic rings. The third kappa shape index (κ3) is 6.22. The number of carboxylic acid groups (broad SMARTS) is 1. The molecule has 0 aromatic heterocycles. The number of alkyl halides is 5. The van der Waals surface area contributed by atoms with Gasteiger partial charge >= 0.3 is 18.3 Å². The lowest BCUT2D eigenvalue weighted by atomic mass is 10.1. The van der Waals surface area contributed by atoms with Gasteiger partial charge in [-0.15, -0.1) is 0 Å². The van der Waals surface area contributed by atoms with Crippen molar-refractivity contribution < 1.29 is 45.7 Å². The van der Waals surface area contributed by atoms with Crippen LogP contribution in [0.1, 0.15) is 11.1 Å². The number of benzene rings is 2. The van der Waals surface area contributed by atoms with E-state index in [9.17, 15) is 31.1 Å². The van der Waals surface area contributed by atoms with Crippen LogP contribution in [0.2, 0.25) is 0 Å². The highest BCUT2D eigenvalue weighted by Crippen LogP contribution is 2.34. The Morgan fingerprint density at radius 2 is 1.68 bits per heavy atom. The summed E-state index contributed by atoms with van der Waals surface area (Å²) in [5, 5.41) is 8.51. The first-order valence-electron chi connectivity index (χ1n) is 7.54. The van der Waals surface area contributed by atoms with Crippen LogP contribution in [-0.2, 0) is 10.9 Å². The first kappa shape index (κ1) is 21.1. The molecular weight excluding hydrogens is 394 g/mol. The standard InChI is InChI=1S/C18H12F6O4/c19-14-9-13(27-10-17(20,21)22)6-7-15(14)28-18(23,24)12-4-1-11(2-5-12)3-8-16(25)26/h1-9H,10H2,(H,25,26). The zero-order chi connectivity index (χ0) is 20.9. The van der Waals surface area contributed by atoms with Crippen LogP contribution < -0.4 is 9.47 Å². The summed E-state index contributed by atoms with van der Waals surface area (Å²) in [6.07, 6.45) is -6.58. The smallest absolute Gasteiger partial charge is 0.426 e. The predicted molar refractivity (Wildman–Crippen MR) is 85.6 cm³/mol. The number of halogens is 6. The minimum Gasteiger partial charge on any atom is -0.484 e. The fourth-order valence-electron chi connectivity index (χ4n) is 1.97. The Labute approximate surface area is 154 Å². The topological polar surface area (TPSA) is 55.8 Å². The van der Waals surface area contributed by atoms with Gasteiger partial charge in [0.05, 0.1) is 5.56 Å². The Morgan fingerprint density at radius 3 is 2.21 bits per heavy atom. The van der Waals surface area contributed by atoms with E-state index in [1.54, 1.807) is 0 Å². The summed E-state index contributed by atoms with van der Waals surface area (Å²) in [5.41, 5.74) is -0.309.